The second-order valence-electron chi connectivity index (χ2n) is 19.7. The average Bonchev–Trinajstić information content (AvgIpc) is 3.39. The van der Waals surface area contributed by atoms with E-state index < -0.39 is 6.10 Å². The van der Waals surface area contributed by atoms with Crippen molar-refractivity contribution in [2.24, 2.45) is 0 Å². The minimum atomic E-state index is -0.804. The van der Waals surface area contributed by atoms with Crippen LogP contribution in [0, 0.1) is 0 Å². The van der Waals surface area contributed by atoms with E-state index in [9.17, 15) is 14.4 Å². The molecule has 0 heterocycles. The Balaban J connectivity index is 4.48. The number of hydrogen-bond donors (Lipinski definition) is 0. The maximum Gasteiger partial charge on any atom is 0.306 e. The first kappa shape index (κ1) is 68.8. The minimum absolute atomic E-state index is 0.0981. The number of rotatable bonds is 53. The molecule has 0 aliphatic heterocycles. The van der Waals surface area contributed by atoms with Crippen molar-refractivity contribution in [1.29, 1.82) is 0 Å². The number of esters is 3. The summed E-state index contributed by atoms with van der Waals surface area (Å²) in [5.74, 6) is -0.948. The lowest BCUT2D eigenvalue weighted by Crippen LogP contribution is -2.30. The summed E-state index contributed by atoms with van der Waals surface area (Å²) >= 11 is 0. The lowest BCUT2D eigenvalue weighted by Gasteiger charge is -2.18. The van der Waals surface area contributed by atoms with Gasteiger partial charge >= 0.3 is 17.9 Å². The van der Waals surface area contributed by atoms with Crippen LogP contribution in [0.15, 0.2) is 122 Å². The summed E-state index contributed by atoms with van der Waals surface area (Å²) in [4.78, 5) is 38.3. The van der Waals surface area contributed by atoms with Crippen LogP contribution in [0.5, 0.6) is 0 Å². The molecule has 0 bridgehead atoms. The first-order valence-electron chi connectivity index (χ1n) is 30.2. The third-order valence-corrected chi connectivity index (χ3v) is 12.6. The maximum absolute atomic E-state index is 12.9. The van der Waals surface area contributed by atoms with Gasteiger partial charge in [-0.2, -0.15) is 0 Å². The summed E-state index contributed by atoms with van der Waals surface area (Å²) in [6.45, 7) is 6.41. The van der Waals surface area contributed by atoms with E-state index in [4.69, 9.17) is 14.2 Å². The standard InChI is InChI=1S/C67H110O6/c1-4-7-10-13-16-19-22-25-28-31-33-36-39-42-45-48-51-54-57-60-66(69)72-63-64(62-71-65(68)59-56-53-50-47-44-41-38-35-30-27-24-21-18-15-12-9-6-3)73-67(70)61-58-55-52-49-46-43-40-37-34-32-29-26-23-20-17-14-11-8-5-2/h9,12,15-27,30,35,38,41,44,64H,4-8,10-11,13-14,28-29,31-34,36-37,39-40,42-43,45-63H2,1-3H3/b12-9-,18-15-,19-16-,20-17-,24-21-,25-22-,26-23-,30-27-,38-35+,44-41-. The van der Waals surface area contributed by atoms with E-state index in [2.05, 4.69) is 81.5 Å². The molecule has 0 aromatic rings. The Morgan fingerprint density at radius 1 is 0.288 bits per heavy atom. The average molecular weight is 1010 g/mol. The molecule has 0 saturated carbocycles. The van der Waals surface area contributed by atoms with Crippen molar-refractivity contribution >= 4 is 17.9 Å². The van der Waals surface area contributed by atoms with Crippen LogP contribution in [0.3, 0.4) is 0 Å². The van der Waals surface area contributed by atoms with Crippen LogP contribution in [0.1, 0.15) is 265 Å². The van der Waals surface area contributed by atoms with Gasteiger partial charge in [0.2, 0.25) is 0 Å². The van der Waals surface area contributed by atoms with Gasteiger partial charge < -0.3 is 14.2 Å². The molecule has 1 atom stereocenters. The first-order valence-corrected chi connectivity index (χ1v) is 30.2. The van der Waals surface area contributed by atoms with Crippen LogP contribution in [0.4, 0.5) is 0 Å². The van der Waals surface area contributed by atoms with E-state index in [1.807, 2.05) is 60.8 Å². The van der Waals surface area contributed by atoms with Gasteiger partial charge in [-0.3, -0.25) is 14.4 Å². The molecule has 0 fully saturated rings. The van der Waals surface area contributed by atoms with Crippen molar-refractivity contribution in [2.75, 3.05) is 13.2 Å². The topological polar surface area (TPSA) is 78.9 Å². The van der Waals surface area contributed by atoms with E-state index in [1.54, 1.807) is 0 Å². The highest BCUT2D eigenvalue weighted by Gasteiger charge is 2.19. The molecular weight excluding hydrogens is 901 g/mol. The second-order valence-corrected chi connectivity index (χ2v) is 19.7. The van der Waals surface area contributed by atoms with Gasteiger partial charge in [0.05, 0.1) is 0 Å². The predicted molar refractivity (Wildman–Crippen MR) is 316 cm³/mol. The number of carbonyl (C=O) groups excluding carboxylic acids is 3. The largest absolute Gasteiger partial charge is 0.462 e. The molecule has 0 saturated heterocycles. The van der Waals surface area contributed by atoms with Crippen molar-refractivity contribution in [3.8, 4) is 0 Å². The predicted octanol–water partition coefficient (Wildman–Crippen LogP) is 20.4. The zero-order chi connectivity index (χ0) is 52.9. The van der Waals surface area contributed by atoms with Crippen LogP contribution >= 0.6 is 0 Å². The van der Waals surface area contributed by atoms with Crippen LogP contribution in [0.25, 0.3) is 0 Å². The SMILES string of the molecule is CC\C=C/C=C\C=C/C=C\C=C\C=C/CCCCCC(=O)OCC(COC(=O)CCCCCCCCCCCC/C=C\C=C/CCCCC)OC(=O)CCCCCCCCCCCC/C=C\C=C/CCCCC. The van der Waals surface area contributed by atoms with E-state index in [1.165, 1.54) is 154 Å². The smallest absolute Gasteiger partial charge is 0.306 e. The number of unbranched alkanes of at least 4 members (excludes halogenated alkanes) is 29. The van der Waals surface area contributed by atoms with Crippen molar-refractivity contribution in [3.05, 3.63) is 122 Å². The summed E-state index contributed by atoms with van der Waals surface area (Å²) in [6.07, 6.45) is 83.2. The Labute approximate surface area is 450 Å². The molecule has 414 valence electrons. The van der Waals surface area contributed by atoms with Gasteiger partial charge in [-0.25, -0.2) is 0 Å². The fourth-order valence-electron chi connectivity index (χ4n) is 8.10. The summed E-state index contributed by atoms with van der Waals surface area (Å²) in [6, 6.07) is 0. The Morgan fingerprint density at radius 2 is 0.534 bits per heavy atom. The van der Waals surface area contributed by atoms with E-state index in [0.29, 0.717) is 19.3 Å². The van der Waals surface area contributed by atoms with E-state index in [0.717, 1.165) is 70.6 Å². The molecule has 1 unspecified atom stereocenters. The van der Waals surface area contributed by atoms with Crippen LogP contribution in [-0.2, 0) is 28.6 Å². The monoisotopic (exact) mass is 1010 g/mol. The summed E-state index contributed by atoms with van der Waals surface area (Å²) in [7, 11) is 0. The van der Waals surface area contributed by atoms with E-state index in [-0.39, 0.29) is 31.1 Å². The molecule has 0 aromatic carbocycles. The highest BCUT2D eigenvalue weighted by molar-refractivity contribution is 5.71. The molecule has 0 radical (unpaired) electrons. The molecule has 0 amide bonds. The molecule has 0 rings (SSSR count). The van der Waals surface area contributed by atoms with Gasteiger partial charge in [-0.1, -0.05) is 277 Å². The fraction of sp³-hybridized carbons (Fsp3) is 0.657. The quantitative estimate of drug-likeness (QED) is 0.0261. The molecule has 6 heteroatoms. The van der Waals surface area contributed by atoms with Gasteiger partial charge in [0.1, 0.15) is 13.2 Å². The molecule has 0 aromatic heterocycles. The lowest BCUT2D eigenvalue weighted by atomic mass is 10.1. The van der Waals surface area contributed by atoms with Gasteiger partial charge in [-0.05, 0) is 89.9 Å². The summed E-state index contributed by atoms with van der Waals surface area (Å²) in [5.41, 5.74) is 0. The van der Waals surface area contributed by atoms with E-state index >= 15 is 0 Å². The zero-order valence-electron chi connectivity index (χ0n) is 47.4. The highest BCUT2D eigenvalue weighted by atomic mass is 16.6. The fourth-order valence-corrected chi connectivity index (χ4v) is 8.10. The normalized spacial score (nSPS) is 13.0. The summed E-state index contributed by atoms with van der Waals surface area (Å²) in [5, 5.41) is 0. The Bertz CT molecular complexity index is 1540. The number of carbonyl (C=O) groups is 3. The maximum atomic E-state index is 12.9. The molecular formula is C67H110O6. The van der Waals surface area contributed by atoms with Crippen LogP contribution < -0.4 is 0 Å². The van der Waals surface area contributed by atoms with Crippen LogP contribution in [-0.4, -0.2) is 37.2 Å². The molecule has 73 heavy (non-hydrogen) atoms. The third-order valence-electron chi connectivity index (χ3n) is 12.6. The van der Waals surface area contributed by atoms with Gasteiger partial charge in [0, 0.05) is 19.3 Å². The Kier molecular flexibility index (Phi) is 56.9. The van der Waals surface area contributed by atoms with Crippen LogP contribution in [0.2, 0.25) is 0 Å². The number of allylic oxidation sites excluding steroid dienone is 20. The summed E-state index contributed by atoms with van der Waals surface area (Å²) < 4.78 is 16.9. The molecule has 6 nitrogen and oxygen atoms in total. The first-order chi connectivity index (χ1) is 36.0. The third kappa shape index (κ3) is 58.6. The molecule has 0 N–H and O–H groups in total. The molecule has 0 aliphatic carbocycles. The minimum Gasteiger partial charge on any atom is -0.462 e. The van der Waals surface area contributed by atoms with Gasteiger partial charge in [0.25, 0.3) is 0 Å². The Morgan fingerprint density at radius 3 is 0.863 bits per heavy atom. The van der Waals surface area contributed by atoms with Crippen molar-refractivity contribution < 1.29 is 28.6 Å². The lowest BCUT2D eigenvalue weighted by molar-refractivity contribution is -0.167. The highest BCUT2D eigenvalue weighted by Crippen LogP contribution is 2.15. The van der Waals surface area contributed by atoms with Gasteiger partial charge in [-0.15, -0.1) is 0 Å². The Hall–Kier alpha value is -4.19. The number of ether oxygens (including phenoxy) is 3. The van der Waals surface area contributed by atoms with Crippen molar-refractivity contribution in [2.45, 2.75) is 271 Å². The number of hydrogen-bond acceptors (Lipinski definition) is 6. The second kappa shape index (κ2) is 60.4. The molecule has 0 aliphatic rings. The van der Waals surface area contributed by atoms with Gasteiger partial charge in [0.15, 0.2) is 6.10 Å². The molecule has 0 spiro atoms. The van der Waals surface area contributed by atoms with Crippen molar-refractivity contribution in [1.82, 2.24) is 0 Å². The zero-order valence-corrected chi connectivity index (χ0v) is 47.4. The van der Waals surface area contributed by atoms with Crippen molar-refractivity contribution in [3.63, 3.8) is 0 Å².